The zero-order valence-electron chi connectivity index (χ0n) is 13.5. The molecule has 2 saturated carbocycles. The van der Waals surface area contributed by atoms with Crippen LogP contribution < -0.4 is 0 Å². The number of hydrogen-bond donors (Lipinski definition) is 2. The van der Waals surface area contributed by atoms with Gasteiger partial charge < -0.3 is 10.2 Å². The van der Waals surface area contributed by atoms with Crippen molar-refractivity contribution in [2.24, 2.45) is 11.8 Å². The van der Waals surface area contributed by atoms with Crippen LogP contribution in [0.3, 0.4) is 0 Å². The van der Waals surface area contributed by atoms with Gasteiger partial charge in [0.2, 0.25) is 0 Å². The maximum atomic E-state index is 10.5. The van der Waals surface area contributed by atoms with Gasteiger partial charge in [-0.25, -0.2) is 0 Å². The van der Waals surface area contributed by atoms with Crippen LogP contribution in [0.5, 0.6) is 0 Å². The van der Waals surface area contributed by atoms with Crippen LogP contribution in [0.1, 0.15) is 35.8 Å². The minimum absolute atomic E-state index is 0. The van der Waals surface area contributed by atoms with Crippen molar-refractivity contribution in [3.05, 3.63) is 71.8 Å². The molecule has 2 aromatic carbocycles. The standard InChI is InChI=1S/2C10H10O2.Cu/c2*11-10(12)9-6-8(9)7-4-2-1-3-5-7;/h2*1-5,8-9H,6H2,(H,11,12);. The third-order valence-electron chi connectivity index (χ3n) is 4.67. The summed E-state index contributed by atoms with van der Waals surface area (Å²) >= 11 is 0. The predicted octanol–water partition coefficient (Wildman–Crippen LogP) is 3.75. The molecule has 4 atom stereocenters. The van der Waals surface area contributed by atoms with E-state index in [-0.39, 0.29) is 40.7 Å². The number of hydrogen-bond acceptors (Lipinski definition) is 2. The molecule has 2 aliphatic carbocycles. The van der Waals surface area contributed by atoms with Gasteiger partial charge in [-0.15, -0.1) is 0 Å². The second-order valence-corrected chi connectivity index (χ2v) is 6.40. The quantitative estimate of drug-likeness (QED) is 0.783. The Morgan fingerprint density at radius 1 is 0.680 bits per heavy atom. The Bertz CT molecular complexity index is 653. The van der Waals surface area contributed by atoms with E-state index in [1.54, 1.807) is 0 Å². The van der Waals surface area contributed by atoms with E-state index in [4.69, 9.17) is 10.2 Å². The molecule has 5 heteroatoms. The SMILES string of the molecule is O=C(O)C1CC1c1ccccc1.O=C(O)C1CC1c1ccccc1.[Cu]. The van der Waals surface area contributed by atoms with E-state index in [9.17, 15) is 9.59 Å². The van der Waals surface area contributed by atoms with Crippen molar-refractivity contribution in [1.82, 2.24) is 0 Å². The molecule has 0 spiro atoms. The molecule has 4 nitrogen and oxygen atoms in total. The molecule has 135 valence electrons. The molecule has 2 N–H and O–H groups in total. The second kappa shape index (κ2) is 8.32. The monoisotopic (exact) mass is 387 g/mol. The number of carboxylic acid groups (broad SMARTS) is 2. The summed E-state index contributed by atoms with van der Waals surface area (Å²) in [6, 6.07) is 19.7. The molecule has 0 saturated heterocycles. The average Bonchev–Trinajstić information content (AvgIpc) is 3.49. The first-order valence-corrected chi connectivity index (χ1v) is 8.13. The van der Waals surface area contributed by atoms with Gasteiger partial charge in [0.15, 0.2) is 0 Å². The van der Waals surface area contributed by atoms with Gasteiger partial charge in [0.1, 0.15) is 0 Å². The smallest absolute Gasteiger partial charge is 0.307 e. The Balaban J connectivity index is 0.000000173. The first kappa shape index (κ1) is 19.2. The van der Waals surface area contributed by atoms with Crippen LogP contribution in [-0.4, -0.2) is 22.2 Å². The molecule has 4 rings (SSSR count). The van der Waals surface area contributed by atoms with E-state index in [0.717, 1.165) is 24.0 Å². The molecular weight excluding hydrogens is 368 g/mol. The summed E-state index contributed by atoms with van der Waals surface area (Å²) in [5, 5.41) is 17.4. The molecule has 25 heavy (non-hydrogen) atoms. The maximum Gasteiger partial charge on any atom is 0.307 e. The van der Waals surface area contributed by atoms with E-state index in [0.29, 0.717) is 0 Å². The van der Waals surface area contributed by atoms with Crippen molar-refractivity contribution in [2.45, 2.75) is 24.7 Å². The minimum Gasteiger partial charge on any atom is -0.481 e. The minimum atomic E-state index is -0.663. The third-order valence-corrected chi connectivity index (χ3v) is 4.67. The molecule has 0 aliphatic heterocycles. The summed E-state index contributed by atoms with van der Waals surface area (Å²) < 4.78 is 0. The predicted molar refractivity (Wildman–Crippen MR) is 89.9 cm³/mol. The first-order valence-electron chi connectivity index (χ1n) is 8.13. The largest absolute Gasteiger partial charge is 0.481 e. The van der Waals surface area contributed by atoms with E-state index >= 15 is 0 Å². The van der Waals surface area contributed by atoms with Crippen molar-refractivity contribution in [1.29, 1.82) is 0 Å². The number of benzene rings is 2. The summed E-state index contributed by atoms with van der Waals surface area (Å²) in [6.45, 7) is 0. The summed E-state index contributed by atoms with van der Waals surface area (Å²) in [6.07, 6.45) is 1.61. The Hall–Kier alpha value is -2.10. The molecular formula is C20H20CuO4. The van der Waals surface area contributed by atoms with Crippen molar-refractivity contribution in [3.8, 4) is 0 Å². The fraction of sp³-hybridized carbons (Fsp3) is 0.300. The summed E-state index contributed by atoms with van der Waals surface area (Å²) in [5.41, 5.74) is 2.31. The van der Waals surface area contributed by atoms with Crippen LogP contribution in [0.2, 0.25) is 0 Å². The number of aliphatic carboxylic acids is 2. The van der Waals surface area contributed by atoms with Gasteiger partial charge >= 0.3 is 11.9 Å². The molecule has 0 bridgehead atoms. The van der Waals surface area contributed by atoms with Gasteiger partial charge in [-0.05, 0) is 35.8 Å². The van der Waals surface area contributed by atoms with Gasteiger partial charge in [0.25, 0.3) is 0 Å². The Morgan fingerprint density at radius 2 is 1.00 bits per heavy atom. The van der Waals surface area contributed by atoms with Crippen LogP contribution in [0.4, 0.5) is 0 Å². The molecule has 4 unspecified atom stereocenters. The van der Waals surface area contributed by atoms with Gasteiger partial charge in [0, 0.05) is 17.1 Å². The molecule has 1 radical (unpaired) electrons. The topological polar surface area (TPSA) is 74.6 Å². The van der Waals surface area contributed by atoms with Crippen LogP contribution in [0, 0.1) is 11.8 Å². The van der Waals surface area contributed by atoms with Crippen molar-refractivity contribution in [2.75, 3.05) is 0 Å². The van der Waals surface area contributed by atoms with Crippen LogP contribution in [-0.2, 0) is 26.7 Å². The number of carbonyl (C=O) groups is 2. The van der Waals surface area contributed by atoms with Crippen molar-refractivity contribution in [3.63, 3.8) is 0 Å². The molecule has 2 aromatic rings. The van der Waals surface area contributed by atoms with E-state index < -0.39 is 11.9 Å². The summed E-state index contributed by atoms with van der Waals surface area (Å²) in [5.74, 6) is -1.06. The fourth-order valence-corrected chi connectivity index (χ4v) is 3.07. The summed E-state index contributed by atoms with van der Waals surface area (Å²) in [7, 11) is 0. The van der Waals surface area contributed by atoms with Crippen LogP contribution in [0.25, 0.3) is 0 Å². The molecule has 2 aliphatic rings. The van der Waals surface area contributed by atoms with E-state index in [1.165, 1.54) is 0 Å². The van der Waals surface area contributed by atoms with E-state index in [1.807, 2.05) is 60.7 Å². The number of rotatable bonds is 4. The second-order valence-electron chi connectivity index (χ2n) is 6.40. The van der Waals surface area contributed by atoms with Crippen molar-refractivity contribution >= 4 is 11.9 Å². The van der Waals surface area contributed by atoms with Crippen LogP contribution >= 0.6 is 0 Å². The van der Waals surface area contributed by atoms with Crippen molar-refractivity contribution < 1.29 is 36.9 Å². The van der Waals surface area contributed by atoms with Crippen LogP contribution in [0.15, 0.2) is 60.7 Å². The van der Waals surface area contributed by atoms with Gasteiger partial charge in [0.05, 0.1) is 11.8 Å². The van der Waals surface area contributed by atoms with Gasteiger partial charge in [-0.3, -0.25) is 9.59 Å². The van der Waals surface area contributed by atoms with E-state index in [2.05, 4.69) is 0 Å². The molecule has 0 heterocycles. The Kier molecular flexibility index (Phi) is 6.40. The number of carboxylic acids is 2. The normalized spacial score (nSPS) is 25.6. The van der Waals surface area contributed by atoms with Gasteiger partial charge in [-0.2, -0.15) is 0 Å². The summed E-state index contributed by atoms with van der Waals surface area (Å²) in [4.78, 5) is 21.1. The first-order chi connectivity index (χ1) is 11.6. The molecule has 0 aromatic heterocycles. The zero-order chi connectivity index (χ0) is 17.1. The molecule has 2 fully saturated rings. The Morgan fingerprint density at radius 3 is 1.24 bits per heavy atom. The fourth-order valence-electron chi connectivity index (χ4n) is 3.07. The Labute approximate surface area is 157 Å². The average molecular weight is 388 g/mol. The third kappa shape index (κ3) is 4.94. The van der Waals surface area contributed by atoms with Gasteiger partial charge in [-0.1, -0.05) is 60.7 Å². The molecule has 0 amide bonds. The maximum absolute atomic E-state index is 10.5. The zero-order valence-corrected chi connectivity index (χ0v) is 14.5.